The zero-order valence-corrected chi connectivity index (χ0v) is 15.5. The summed E-state index contributed by atoms with van der Waals surface area (Å²) in [5.74, 6) is 1.43. The van der Waals surface area contributed by atoms with Crippen molar-refractivity contribution in [3.63, 3.8) is 0 Å². The predicted molar refractivity (Wildman–Crippen MR) is 97.2 cm³/mol. The Balaban J connectivity index is 1.60. The number of carbonyl (C=O) groups excluding carboxylic acids is 2. The Morgan fingerprint density at radius 2 is 2.04 bits per heavy atom. The minimum absolute atomic E-state index is 0.0726. The molecule has 1 aliphatic carbocycles. The van der Waals surface area contributed by atoms with Gasteiger partial charge in [0, 0.05) is 5.70 Å². The zero-order chi connectivity index (χ0) is 19.0. The van der Waals surface area contributed by atoms with Gasteiger partial charge in [0.15, 0.2) is 11.5 Å². The van der Waals surface area contributed by atoms with E-state index < -0.39 is 6.04 Å². The fourth-order valence-electron chi connectivity index (χ4n) is 4.01. The number of rotatable bonds is 3. The normalized spacial score (nSPS) is 27.0. The van der Waals surface area contributed by atoms with Gasteiger partial charge in [-0.25, -0.2) is 9.59 Å². The molecule has 27 heavy (non-hydrogen) atoms. The molecule has 7 heteroatoms. The highest BCUT2D eigenvalue weighted by atomic mass is 16.7. The van der Waals surface area contributed by atoms with Crippen molar-refractivity contribution in [2.45, 2.75) is 51.7 Å². The minimum atomic E-state index is -0.596. The molecule has 0 saturated heterocycles. The highest BCUT2D eigenvalue weighted by molar-refractivity contribution is 5.95. The molecule has 0 unspecified atom stereocenters. The number of nitrogens with one attached hydrogen (secondary N) is 2. The topological polar surface area (TPSA) is 85.9 Å². The van der Waals surface area contributed by atoms with Crippen LogP contribution in [0.25, 0.3) is 0 Å². The molecule has 0 radical (unpaired) electrons. The number of allylic oxidation sites excluding steroid dienone is 1. The van der Waals surface area contributed by atoms with Gasteiger partial charge < -0.3 is 24.8 Å². The van der Waals surface area contributed by atoms with E-state index in [4.69, 9.17) is 14.2 Å². The number of urea groups is 1. The van der Waals surface area contributed by atoms with E-state index in [9.17, 15) is 9.59 Å². The van der Waals surface area contributed by atoms with E-state index in [1.54, 1.807) is 19.1 Å². The van der Waals surface area contributed by atoms with Gasteiger partial charge in [0.05, 0.1) is 11.6 Å². The van der Waals surface area contributed by atoms with Crippen LogP contribution in [-0.4, -0.2) is 24.9 Å². The summed E-state index contributed by atoms with van der Waals surface area (Å²) in [6.45, 7) is 4.07. The van der Waals surface area contributed by atoms with Gasteiger partial charge >= 0.3 is 12.0 Å². The maximum atomic E-state index is 13.0. The first-order valence-electron chi connectivity index (χ1n) is 9.40. The molecule has 3 atom stereocenters. The molecule has 0 spiro atoms. The quantitative estimate of drug-likeness (QED) is 0.796. The standard InChI is InChI=1S/C20H24N2O5/c1-11-4-3-5-14(8-11)27-19(23)17-12(2)21-20(24)22-18(17)13-6-7-15-16(9-13)26-10-25-15/h6-7,9,11,14,18H,3-5,8,10H2,1-2H3,(H2,21,22,24)/t11-,14-,18+/m0/s1. The molecular weight excluding hydrogens is 348 g/mol. The third-order valence-corrected chi connectivity index (χ3v) is 5.38. The van der Waals surface area contributed by atoms with Crippen LogP contribution >= 0.6 is 0 Å². The van der Waals surface area contributed by atoms with E-state index in [1.165, 1.54) is 6.42 Å². The molecule has 1 fully saturated rings. The summed E-state index contributed by atoms with van der Waals surface area (Å²) >= 11 is 0. The van der Waals surface area contributed by atoms with Crippen LogP contribution < -0.4 is 20.1 Å². The zero-order valence-electron chi connectivity index (χ0n) is 15.5. The van der Waals surface area contributed by atoms with Crippen LogP contribution in [0.5, 0.6) is 11.5 Å². The van der Waals surface area contributed by atoms with Gasteiger partial charge in [-0.3, -0.25) is 0 Å². The number of carbonyl (C=O) groups is 2. The molecule has 7 nitrogen and oxygen atoms in total. The lowest BCUT2D eigenvalue weighted by atomic mass is 9.88. The lowest BCUT2D eigenvalue weighted by molar-refractivity contribution is -0.146. The lowest BCUT2D eigenvalue weighted by Crippen LogP contribution is -2.45. The van der Waals surface area contributed by atoms with Crippen molar-refractivity contribution >= 4 is 12.0 Å². The summed E-state index contributed by atoms with van der Waals surface area (Å²) in [5.41, 5.74) is 1.68. The number of hydrogen-bond donors (Lipinski definition) is 2. The van der Waals surface area contributed by atoms with Crippen LogP contribution in [0.3, 0.4) is 0 Å². The molecule has 1 saturated carbocycles. The summed E-state index contributed by atoms with van der Waals surface area (Å²) < 4.78 is 16.6. The Kier molecular flexibility index (Phi) is 4.68. The predicted octanol–water partition coefficient (Wildman–Crippen LogP) is 3.17. The summed E-state index contributed by atoms with van der Waals surface area (Å²) in [6, 6.07) is 4.46. The number of fused-ring (bicyclic) bond motifs is 1. The number of esters is 1. The van der Waals surface area contributed by atoms with E-state index in [0.717, 1.165) is 24.8 Å². The maximum absolute atomic E-state index is 13.0. The molecule has 3 aliphatic rings. The van der Waals surface area contributed by atoms with Gasteiger partial charge in [-0.05, 0) is 49.8 Å². The van der Waals surface area contributed by atoms with Crippen LogP contribution in [0, 0.1) is 5.92 Å². The summed E-state index contributed by atoms with van der Waals surface area (Å²) in [4.78, 5) is 25.0. The third-order valence-electron chi connectivity index (χ3n) is 5.38. The fourth-order valence-corrected chi connectivity index (χ4v) is 4.01. The Morgan fingerprint density at radius 1 is 1.22 bits per heavy atom. The van der Waals surface area contributed by atoms with Crippen LogP contribution in [0.15, 0.2) is 29.5 Å². The Morgan fingerprint density at radius 3 is 2.85 bits per heavy atom. The van der Waals surface area contributed by atoms with Crippen molar-refractivity contribution in [2.24, 2.45) is 5.92 Å². The second-order valence-electron chi connectivity index (χ2n) is 7.48. The lowest BCUT2D eigenvalue weighted by Gasteiger charge is -2.31. The summed E-state index contributed by atoms with van der Waals surface area (Å²) in [7, 11) is 0. The largest absolute Gasteiger partial charge is 0.459 e. The molecule has 0 bridgehead atoms. The number of ether oxygens (including phenoxy) is 3. The van der Waals surface area contributed by atoms with Gasteiger partial charge in [-0.1, -0.05) is 19.4 Å². The van der Waals surface area contributed by atoms with Crippen molar-refractivity contribution in [2.75, 3.05) is 6.79 Å². The third kappa shape index (κ3) is 3.59. The Hall–Kier alpha value is -2.70. The van der Waals surface area contributed by atoms with Gasteiger partial charge in [0.25, 0.3) is 0 Å². The number of benzene rings is 1. The monoisotopic (exact) mass is 372 g/mol. The van der Waals surface area contributed by atoms with Crippen molar-refractivity contribution in [3.8, 4) is 11.5 Å². The second kappa shape index (κ2) is 7.13. The SMILES string of the molecule is CC1=C(C(=O)O[C@H]2CCC[C@H](C)C2)[C@@H](c2ccc3c(c2)OCO3)NC(=O)N1. The first kappa shape index (κ1) is 17.7. The summed E-state index contributed by atoms with van der Waals surface area (Å²) in [6.07, 6.45) is 3.94. The van der Waals surface area contributed by atoms with Crippen LogP contribution in [-0.2, 0) is 9.53 Å². The minimum Gasteiger partial charge on any atom is -0.459 e. The van der Waals surface area contributed by atoms with E-state index in [1.807, 2.05) is 6.07 Å². The molecular formula is C20H24N2O5. The average molecular weight is 372 g/mol. The van der Waals surface area contributed by atoms with Gasteiger partial charge in [0.1, 0.15) is 6.10 Å². The average Bonchev–Trinajstić information content (AvgIpc) is 3.08. The van der Waals surface area contributed by atoms with Crippen molar-refractivity contribution in [1.82, 2.24) is 10.6 Å². The molecule has 2 aliphatic heterocycles. The van der Waals surface area contributed by atoms with Gasteiger partial charge in [0.2, 0.25) is 6.79 Å². The molecule has 1 aromatic carbocycles. The van der Waals surface area contributed by atoms with Crippen molar-refractivity contribution in [1.29, 1.82) is 0 Å². The number of amides is 2. The van der Waals surface area contributed by atoms with E-state index in [0.29, 0.717) is 28.7 Å². The first-order valence-corrected chi connectivity index (χ1v) is 9.40. The Labute approximate surface area is 158 Å². The van der Waals surface area contributed by atoms with Crippen molar-refractivity contribution < 1.29 is 23.8 Å². The van der Waals surface area contributed by atoms with Crippen LogP contribution in [0.1, 0.15) is 51.1 Å². The second-order valence-corrected chi connectivity index (χ2v) is 7.48. The van der Waals surface area contributed by atoms with E-state index >= 15 is 0 Å². The molecule has 4 rings (SSSR count). The number of hydrogen-bond acceptors (Lipinski definition) is 5. The molecule has 1 aromatic rings. The molecule has 2 amide bonds. The molecule has 0 aromatic heterocycles. The van der Waals surface area contributed by atoms with Crippen LogP contribution in [0.2, 0.25) is 0 Å². The molecule has 2 N–H and O–H groups in total. The fraction of sp³-hybridized carbons (Fsp3) is 0.500. The summed E-state index contributed by atoms with van der Waals surface area (Å²) in [5, 5.41) is 5.51. The van der Waals surface area contributed by atoms with Crippen LogP contribution in [0.4, 0.5) is 4.79 Å². The highest BCUT2D eigenvalue weighted by Crippen LogP contribution is 2.37. The highest BCUT2D eigenvalue weighted by Gasteiger charge is 2.34. The Bertz CT molecular complexity index is 804. The maximum Gasteiger partial charge on any atom is 0.338 e. The van der Waals surface area contributed by atoms with E-state index in [-0.39, 0.29) is 24.9 Å². The van der Waals surface area contributed by atoms with Gasteiger partial charge in [-0.2, -0.15) is 0 Å². The van der Waals surface area contributed by atoms with E-state index in [2.05, 4.69) is 17.6 Å². The molecule has 2 heterocycles. The molecule has 144 valence electrons. The van der Waals surface area contributed by atoms with Crippen molar-refractivity contribution in [3.05, 3.63) is 35.0 Å². The first-order chi connectivity index (χ1) is 13.0. The smallest absolute Gasteiger partial charge is 0.338 e. The van der Waals surface area contributed by atoms with Gasteiger partial charge in [-0.15, -0.1) is 0 Å².